The number of carbonyl (C=O) groups excluding carboxylic acids is 1. The number of rotatable bonds is 6. The molecular weight excluding hydrogens is 388 g/mol. The Labute approximate surface area is 173 Å². The van der Waals surface area contributed by atoms with Crippen LogP contribution in [-0.2, 0) is 12.8 Å². The van der Waals surface area contributed by atoms with Gasteiger partial charge in [0.25, 0.3) is 11.7 Å². The van der Waals surface area contributed by atoms with Gasteiger partial charge in [0.15, 0.2) is 0 Å². The van der Waals surface area contributed by atoms with Crippen molar-refractivity contribution in [3.63, 3.8) is 0 Å². The zero-order valence-electron chi connectivity index (χ0n) is 16.3. The fourth-order valence-electron chi connectivity index (χ4n) is 3.32. The van der Waals surface area contributed by atoms with E-state index in [1.807, 2.05) is 38.2 Å². The van der Waals surface area contributed by atoms with Crippen LogP contribution in [-0.4, -0.2) is 27.6 Å². The second kappa shape index (κ2) is 8.09. The average Bonchev–Trinajstić information content (AvgIpc) is 3.32. The maximum absolute atomic E-state index is 12.4. The summed E-state index contributed by atoms with van der Waals surface area (Å²) in [5.74, 6) is 0.126. The number of hydrogen-bond acceptors (Lipinski definition) is 4. The van der Waals surface area contributed by atoms with Gasteiger partial charge in [0.05, 0.1) is 6.42 Å². The summed E-state index contributed by atoms with van der Waals surface area (Å²) in [5, 5.41) is 8.41. The first-order valence-corrected chi connectivity index (χ1v) is 9.80. The summed E-state index contributed by atoms with van der Waals surface area (Å²) in [4.78, 5) is 19.8. The summed E-state index contributed by atoms with van der Waals surface area (Å²) in [6, 6.07) is 11.9. The molecule has 0 atom stereocenters. The molecule has 1 amide bonds. The highest BCUT2D eigenvalue weighted by Crippen LogP contribution is 2.22. The third-order valence-electron chi connectivity index (χ3n) is 4.93. The number of nitrogens with one attached hydrogen (secondary N) is 2. The molecule has 2 aromatic carbocycles. The smallest absolute Gasteiger partial charge is 0.292 e. The van der Waals surface area contributed by atoms with E-state index in [1.54, 1.807) is 0 Å². The highest BCUT2D eigenvalue weighted by molar-refractivity contribution is 6.31. The summed E-state index contributed by atoms with van der Waals surface area (Å²) in [5.41, 5.74) is 5.54. The number of aromatic nitrogens is 3. The van der Waals surface area contributed by atoms with Crippen molar-refractivity contribution in [2.45, 2.75) is 26.7 Å². The number of nitrogens with zero attached hydrogens (tertiary/aromatic N) is 2. The molecule has 0 aliphatic carbocycles. The first kappa shape index (κ1) is 19.2. The number of halogens is 1. The Morgan fingerprint density at radius 2 is 2.03 bits per heavy atom. The zero-order chi connectivity index (χ0) is 20.4. The van der Waals surface area contributed by atoms with Crippen LogP contribution in [0, 0.1) is 13.8 Å². The van der Waals surface area contributed by atoms with Crippen molar-refractivity contribution in [1.82, 2.24) is 20.4 Å². The molecule has 7 heteroatoms. The van der Waals surface area contributed by atoms with Crippen LogP contribution in [0.15, 0.2) is 47.1 Å². The van der Waals surface area contributed by atoms with Crippen molar-refractivity contribution >= 4 is 28.4 Å². The van der Waals surface area contributed by atoms with Gasteiger partial charge in [0.1, 0.15) is 0 Å². The summed E-state index contributed by atoms with van der Waals surface area (Å²) in [6.07, 6.45) is 3.10. The molecule has 0 unspecified atom stereocenters. The number of H-pyrrole nitrogens is 1. The molecule has 0 spiro atoms. The second-order valence-corrected chi connectivity index (χ2v) is 7.56. The van der Waals surface area contributed by atoms with Crippen LogP contribution in [0.25, 0.3) is 10.9 Å². The number of aromatic amines is 1. The summed E-state index contributed by atoms with van der Waals surface area (Å²) < 4.78 is 5.27. The van der Waals surface area contributed by atoms with Crippen LogP contribution < -0.4 is 5.32 Å². The Bertz CT molecular complexity index is 1180. The van der Waals surface area contributed by atoms with Gasteiger partial charge >= 0.3 is 0 Å². The minimum absolute atomic E-state index is 0.0484. The molecule has 6 nitrogen and oxygen atoms in total. The molecule has 0 radical (unpaired) electrons. The van der Waals surface area contributed by atoms with E-state index in [4.69, 9.17) is 16.1 Å². The first-order chi connectivity index (χ1) is 14.0. The fraction of sp³-hybridized carbons (Fsp3) is 0.227. The van der Waals surface area contributed by atoms with E-state index < -0.39 is 0 Å². The maximum Gasteiger partial charge on any atom is 0.292 e. The van der Waals surface area contributed by atoms with Crippen molar-refractivity contribution in [3.05, 3.63) is 81.6 Å². The second-order valence-electron chi connectivity index (χ2n) is 7.13. The van der Waals surface area contributed by atoms with Gasteiger partial charge in [-0.15, -0.1) is 0 Å². The summed E-state index contributed by atoms with van der Waals surface area (Å²) in [7, 11) is 0. The standard InChI is InChI=1S/C22H21ClN4O2/c1-13-3-4-14(2)16(9-13)10-20-26-21(27-29-20)22(28)24-8-7-15-12-25-19-6-5-17(23)11-18(15)19/h3-6,9,11-12,25H,7-8,10H2,1-2H3,(H,24,28). The van der Waals surface area contributed by atoms with Gasteiger partial charge in [-0.2, -0.15) is 4.98 Å². The molecule has 29 heavy (non-hydrogen) atoms. The van der Waals surface area contributed by atoms with Crippen molar-refractivity contribution in [1.29, 1.82) is 0 Å². The highest BCUT2D eigenvalue weighted by Gasteiger charge is 2.15. The lowest BCUT2D eigenvalue weighted by molar-refractivity contribution is 0.0941. The normalized spacial score (nSPS) is 11.1. The molecule has 4 rings (SSSR count). The lowest BCUT2D eigenvalue weighted by atomic mass is 10.0. The molecular formula is C22H21ClN4O2. The van der Waals surface area contributed by atoms with E-state index in [9.17, 15) is 4.79 Å². The van der Waals surface area contributed by atoms with Crippen LogP contribution in [0.2, 0.25) is 5.02 Å². The fourth-order valence-corrected chi connectivity index (χ4v) is 3.49. The van der Waals surface area contributed by atoms with Crippen LogP contribution in [0.3, 0.4) is 0 Å². The third-order valence-corrected chi connectivity index (χ3v) is 5.16. The van der Waals surface area contributed by atoms with Crippen molar-refractivity contribution < 1.29 is 9.32 Å². The van der Waals surface area contributed by atoms with E-state index in [1.165, 1.54) is 5.56 Å². The average molecular weight is 409 g/mol. The van der Waals surface area contributed by atoms with Gasteiger partial charge in [-0.1, -0.05) is 40.5 Å². The van der Waals surface area contributed by atoms with E-state index in [0.717, 1.165) is 27.6 Å². The van der Waals surface area contributed by atoms with E-state index in [0.29, 0.717) is 30.3 Å². The Kier molecular flexibility index (Phi) is 5.36. The van der Waals surface area contributed by atoms with Crippen molar-refractivity contribution in [2.24, 2.45) is 0 Å². The minimum atomic E-state index is -0.348. The molecule has 0 saturated carbocycles. The zero-order valence-corrected chi connectivity index (χ0v) is 17.0. The van der Waals surface area contributed by atoms with Crippen LogP contribution >= 0.6 is 11.6 Å². The van der Waals surface area contributed by atoms with Crippen LogP contribution in [0.4, 0.5) is 0 Å². The Morgan fingerprint density at radius 3 is 2.90 bits per heavy atom. The number of aryl methyl sites for hydroxylation is 2. The number of benzene rings is 2. The molecule has 148 valence electrons. The van der Waals surface area contributed by atoms with Gasteiger partial charge in [0.2, 0.25) is 5.89 Å². The summed E-state index contributed by atoms with van der Waals surface area (Å²) >= 11 is 6.08. The lowest BCUT2D eigenvalue weighted by Crippen LogP contribution is -2.26. The molecule has 2 aromatic heterocycles. The molecule has 0 bridgehead atoms. The predicted molar refractivity (Wildman–Crippen MR) is 112 cm³/mol. The molecule has 0 aliphatic rings. The monoisotopic (exact) mass is 408 g/mol. The van der Waals surface area contributed by atoms with Crippen LogP contribution in [0.5, 0.6) is 0 Å². The Balaban J connectivity index is 1.36. The minimum Gasteiger partial charge on any atom is -0.361 e. The van der Waals surface area contributed by atoms with E-state index >= 15 is 0 Å². The van der Waals surface area contributed by atoms with Gasteiger partial charge in [-0.05, 0) is 55.2 Å². The van der Waals surface area contributed by atoms with Gasteiger partial charge in [-0.25, -0.2) is 0 Å². The van der Waals surface area contributed by atoms with Gasteiger partial charge in [-0.3, -0.25) is 4.79 Å². The molecule has 0 saturated heterocycles. The lowest BCUT2D eigenvalue weighted by Gasteiger charge is -2.03. The van der Waals surface area contributed by atoms with E-state index in [2.05, 4.69) is 38.6 Å². The number of carbonyl (C=O) groups is 1. The number of amides is 1. The molecule has 2 heterocycles. The largest absolute Gasteiger partial charge is 0.361 e. The number of hydrogen-bond donors (Lipinski definition) is 2. The summed E-state index contributed by atoms with van der Waals surface area (Å²) in [6.45, 7) is 4.53. The molecule has 2 N–H and O–H groups in total. The molecule has 4 aromatic rings. The quantitative estimate of drug-likeness (QED) is 0.495. The Morgan fingerprint density at radius 1 is 1.17 bits per heavy atom. The number of fused-ring (bicyclic) bond motifs is 1. The highest BCUT2D eigenvalue weighted by atomic mass is 35.5. The maximum atomic E-state index is 12.4. The topological polar surface area (TPSA) is 83.8 Å². The van der Waals surface area contributed by atoms with Crippen LogP contribution in [0.1, 0.15) is 38.8 Å². The van der Waals surface area contributed by atoms with Crippen molar-refractivity contribution in [3.8, 4) is 0 Å². The molecule has 0 fully saturated rings. The predicted octanol–water partition coefficient (Wildman–Crippen LogP) is 4.38. The molecule has 0 aliphatic heterocycles. The van der Waals surface area contributed by atoms with Gasteiger partial charge < -0.3 is 14.8 Å². The Hall–Kier alpha value is -3.12. The SMILES string of the molecule is Cc1ccc(C)c(Cc2nc(C(=O)NCCc3c[nH]c4ccc(Cl)cc34)no2)c1. The first-order valence-electron chi connectivity index (χ1n) is 9.42. The van der Waals surface area contributed by atoms with Crippen molar-refractivity contribution in [2.75, 3.05) is 6.54 Å². The van der Waals surface area contributed by atoms with Gasteiger partial charge in [0, 0.05) is 28.7 Å². The van der Waals surface area contributed by atoms with E-state index in [-0.39, 0.29) is 11.7 Å². The third kappa shape index (κ3) is 4.32.